The van der Waals surface area contributed by atoms with E-state index in [0.29, 0.717) is 0 Å². The molecule has 3 rings (SSSR count). The third-order valence-electron chi connectivity index (χ3n) is 4.89. The lowest BCUT2D eigenvalue weighted by Gasteiger charge is -2.34. The van der Waals surface area contributed by atoms with Gasteiger partial charge in [0.2, 0.25) is 0 Å². The largest absolute Gasteiger partial charge is 0.335 e. The maximum atomic E-state index is 12.5. The number of rotatable bonds is 6. The molecule has 0 bridgehead atoms. The van der Waals surface area contributed by atoms with Crippen molar-refractivity contribution in [1.82, 2.24) is 15.1 Å². The Labute approximate surface area is 162 Å². The van der Waals surface area contributed by atoms with Crippen molar-refractivity contribution in [3.05, 3.63) is 77.9 Å². The predicted octanol–water partition coefficient (Wildman–Crippen LogP) is 3.66. The minimum absolute atomic E-state index is 0.0536. The fourth-order valence-electron chi connectivity index (χ4n) is 3.36. The zero-order valence-corrected chi connectivity index (χ0v) is 16.1. The lowest BCUT2D eigenvalue weighted by Crippen LogP contribution is -2.53. The third-order valence-corrected chi connectivity index (χ3v) is 4.89. The van der Waals surface area contributed by atoms with Crippen molar-refractivity contribution < 1.29 is 4.79 Å². The van der Waals surface area contributed by atoms with Gasteiger partial charge in [0, 0.05) is 38.8 Å². The van der Waals surface area contributed by atoms with Crippen LogP contribution in [0.3, 0.4) is 0 Å². The van der Waals surface area contributed by atoms with E-state index < -0.39 is 0 Å². The van der Waals surface area contributed by atoms with Gasteiger partial charge < -0.3 is 10.2 Å². The Morgan fingerprint density at radius 1 is 1.00 bits per heavy atom. The summed E-state index contributed by atoms with van der Waals surface area (Å²) in [5.74, 6) is 0. The summed E-state index contributed by atoms with van der Waals surface area (Å²) in [7, 11) is 0. The molecule has 1 N–H and O–H groups in total. The Bertz CT molecular complexity index is 722. The normalized spacial score (nSPS) is 16.4. The molecule has 1 saturated heterocycles. The SMILES string of the molecule is C[C@@H](Cc1ccccc1)NC(=O)N1CCN(CC=Cc2ccccc2)CC1. The van der Waals surface area contributed by atoms with Crippen LogP contribution < -0.4 is 5.32 Å². The Balaban J connectivity index is 1.38. The quantitative estimate of drug-likeness (QED) is 0.850. The number of nitrogens with zero attached hydrogens (tertiary/aromatic N) is 2. The van der Waals surface area contributed by atoms with Crippen molar-refractivity contribution >= 4 is 12.1 Å². The van der Waals surface area contributed by atoms with Gasteiger partial charge in [0.05, 0.1) is 0 Å². The molecule has 0 saturated carbocycles. The molecule has 0 unspecified atom stereocenters. The van der Waals surface area contributed by atoms with Crippen LogP contribution in [0.4, 0.5) is 4.79 Å². The highest BCUT2D eigenvalue weighted by atomic mass is 16.2. The third kappa shape index (κ3) is 6.26. The fraction of sp³-hybridized carbons (Fsp3) is 0.348. The number of hydrogen-bond acceptors (Lipinski definition) is 2. The van der Waals surface area contributed by atoms with Crippen LogP contribution in [0, 0.1) is 0 Å². The van der Waals surface area contributed by atoms with Gasteiger partial charge in [-0.25, -0.2) is 4.79 Å². The molecule has 0 aromatic heterocycles. The number of carbonyl (C=O) groups is 1. The van der Waals surface area contributed by atoms with Gasteiger partial charge in [-0.2, -0.15) is 0 Å². The van der Waals surface area contributed by atoms with Crippen LogP contribution in [-0.4, -0.2) is 54.6 Å². The molecular weight excluding hydrogens is 334 g/mol. The Kier molecular flexibility index (Phi) is 7.05. The van der Waals surface area contributed by atoms with E-state index >= 15 is 0 Å². The molecule has 1 heterocycles. The minimum atomic E-state index is 0.0536. The Morgan fingerprint density at radius 2 is 1.63 bits per heavy atom. The molecule has 4 heteroatoms. The summed E-state index contributed by atoms with van der Waals surface area (Å²) < 4.78 is 0. The molecule has 1 atom stereocenters. The lowest BCUT2D eigenvalue weighted by molar-refractivity contribution is 0.145. The van der Waals surface area contributed by atoms with E-state index in [1.165, 1.54) is 11.1 Å². The first kappa shape index (κ1) is 19.2. The van der Waals surface area contributed by atoms with Crippen LogP contribution in [0.15, 0.2) is 66.7 Å². The summed E-state index contributed by atoms with van der Waals surface area (Å²) in [5, 5.41) is 3.13. The highest BCUT2D eigenvalue weighted by Gasteiger charge is 2.21. The highest BCUT2D eigenvalue weighted by molar-refractivity contribution is 5.74. The molecule has 4 nitrogen and oxygen atoms in total. The molecule has 2 aromatic carbocycles. The van der Waals surface area contributed by atoms with Crippen LogP contribution in [-0.2, 0) is 6.42 Å². The van der Waals surface area contributed by atoms with Gasteiger partial charge in [0.1, 0.15) is 0 Å². The summed E-state index contributed by atoms with van der Waals surface area (Å²) in [6.45, 7) is 6.38. The van der Waals surface area contributed by atoms with Crippen LogP contribution in [0.25, 0.3) is 6.08 Å². The zero-order valence-electron chi connectivity index (χ0n) is 16.1. The second-order valence-electron chi connectivity index (χ2n) is 7.14. The number of carbonyl (C=O) groups excluding carboxylic acids is 1. The van der Waals surface area contributed by atoms with E-state index in [9.17, 15) is 4.79 Å². The van der Waals surface area contributed by atoms with Gasteiger partial charge in [-0.1, -0.05) is 72.8 Å². The summed E-state index contributed by atoms with van der Waals surface area (Å²) in [5.41, 5.74) is 2.48. The van der Waals surface area contributed by atoms with E-state index in [1.807, 2.05) is 29.2 Å². The van der Waals surface area contributed by atoms with E-state index in [1.54, 1.807) is 0 Å². The fourth-order valence-corrected chi connectivity index (χ4v) is 3.36. The van der Waals surface area contributed by atoms with Crippen LogP contribution >= 0.6 is 0 Å². The number of nitrogens with one attached hydrogen (secondary N) is 1. The maximum Gasteiger partial charge on any atom is 0.317 e. The highest BCUT2D eigenvalue weighted by Crippen LogP contribution is 2.07. The van der Waals surface area contributed by atoms with E-state index in [2.05, 4.69) is 65.7 Å². The van der Waals surface area contributed by atoms with Crippen molar-refractivity contribution in [1.29, 1.82) is 0 Å². The van der Waals surface area contributed by atoms with Gasteiger partial charge in [-0.05, 0) is 24.5 Å². The average Bonchev–Trinajstić information content (AvgIpc) is 2.70. The molecule has 27 heavy (non-hydrogen) atoms. The van der Waals surface area contributed by atoms with Gasteiger partial charge in [0.15, 0.2) is 0 Å². The minimum Gasteiger partial charge on any atom is -0.335 e. The molecule has 142 valence electrons. The van der Waals surface area contributed by atoms with Gasteiger partial charge in [-0.15, -0.1) is 0 Å². The van der Waals surface area contributed by atoms with Gasteiger partial charge in [-0.3, -0.25) is 4.90 Å². The smallest absolute Gasteiger partial charge is 0.317 e. The number of hydrogen-bond donors (Lipinski definition) is 1. The number of piperazine rings is 1. The number of urea groups is 1. The molecule has 1 fully saturated rings. The van der Waals surface area contributed by atoms with Crippen molar-refractivity contribution in [3.8, 4) is 0 Å². The number of benzene rings is 2. The molecular formula is C23H29N3O. The van der Waals surface area contributed by atoms with Crippen LogP contribution in [0.2, 0.25) is 0 Å². The summed E-state index contributed by atoms with van der Waals surface area (Å²) in [6.07, 6.45) is 5.22. The summed E-state index contributed by atoms with van der Waals surface area (Å²) in [4.78, 5) is 16.8. The molecule has 0 radical (unpaired) electrons. The molecule has 1 aliphatic rings. The molecule has 1 aliphatic heterocycles. The first-order valence-corrected chi connectivity index (χ1v) is 9.74. The standard InChI is InChI=1S/C23H29N3O/c1-20(19-22-11-6-3-7-12-22)24-23(27)26-17-15-25(16-18-26)14-8-13-21-9-4-2-5-10-21/h2-13,20H,14-19H2,1H3,(H,24,27)/t20-/m0/s1. The second kappa shape index (κ2) is 9.93. The topological polar surface area (TPSA) is 35.6 Å². The maximum absolute atomic E-state index is 12.5. The Hall–Kier alpha value is -2.59. The summed E-state index contributed by atoms with van der Waals surface area (Å²) in [6, 6.07) is 20.8. The average molecular weight is 364 g/mol. The molecule has 0 spiro atoms. The van der Waals surface area contributed by atoms with Crippen molar-refractivity contribution in [2.75, 3.05) is 32.7 Å². The number of amides is 2. The Morgan fingerprint density at radius 3 is 2.30 bits per heavy atom. The van der Waals surface area contributed by atoms with Gasteiger partial charge in [0.25, 0.3) is 0 Å². The zero-order chi connectivity index (χ0) is 18.9. The van der Waals surface area contributed by atoms with Gasteiger partial charge >= 0.3 is 6.03 Å². The first-order chi connectivity index (χ1) is 13.2. The monoisotopic (exact) mass is 363 g/mol. The molecule has 2 amide bonds. The second-order valence-corrected chi connectivity index (χ2v) is 7.14. The van der Waals surface area contributed by atoms with E-state index in [4.69, 9.17) is 0 Å². The lowest BCUT2D eigenvalue weighted by atomic mass is 10.1. The van der Waals surface area contributed by atoms with Crippen molar-refractivity contribution in [3.63, 3.8) is 0 Å². The van der Waals surface area contributed by atoms with Crippen LogP contribution in [0.5, 0.6) is 0 Å². The van der Waals surface area contributed by atoms with Crippen LogP contribution in [0.1, 0.15) is 18.1 Å². The molecule has 0 aliphatic carbocycles. The van der Waals surface area contributed by atoms with Crippen molar-refractivity contribution in [2.45, 2.75) is 19.4 Å². The first-order valence-electron chi connectivity index (χ1n) is 9.74. The van der Waals surface area contributed by atoms with Crippen molar-refractivity contribution in [2.24, 2.45) is 0 Å². The molecule has 2 aromatic rings. The van der Waals surface area contributed by atoms with E-state index in [-0.39, 0.29) is 12.1 Å². The predicted molar refractivity (Wildman–Crippen MR) is 112 cm³/mol. The van der Waals surface area contributed by atoms with E-state index in [0.717, 1.165) is 39.1 Å². The summed E-state index contributed by atoms with van der Waals surface area (Å²) >= 11 is 0.